The Kier molecular flexibility index (Phi) is 4.08. The Morgan fingerprint density at radius 2 is 2.00 bits per heavy atom. The van der Waals surface area contributed by atoms with E-state index in [9.17, 15) is 14.0 Å². The summed E-state index contributed by atoms with van der Waals surface area (Å²) in [6.45, 7) is 3.32. The fourth-order valence-electron chi connectivity index (χ4n) is 3.40. The topological polar surface area (TPSA) is 40.6 Å². The average molecular weight is 325 g/mol. The highest BCUT2D eigenvalue weighted by Crippen LogP contribution is 2.30. The van der Waals surface area contributed by atoms with Crippen molar-refractivity contribution >= 4 is 23.4 Å². The van der Waals surface area contributed by atoms with Crippen molar-refractivity contribution in [1.29, 1.82) is 0 Å². The molecule has 2 amide bonds. The molecule has 4 nitrogen and oxygen atoms in total. The van der Waals surface area contributed by atoms with Crippen LogP contribution in [-0.2, 0) is 4.79 Å². The molecule has 3 fully saturated rings. The number of nitrogens with zero attached hydrogens (tertiary/aromatic N) is 2. The second-order valence-electron chi connectivity index (χ2n) is 6.10. The fourth-order valence-corrected chi connectivity index (χ4v) is 3.58. The largest absolute Gasteiger partial charge is 0.341 e. The Morgan fingerprint density at radius 1 is 1.23 bits per heavy atom. The molecule has 22 heavy (non-hydrogen) atoms. The van der Waals surface area contributed by atoms with Crippen LogP contribution in [0.3, 0.4) is 0 Å². The van der Waals surface area contributed by atoms with E-state index >= 15 is 0 Å². The molecule has 0 saturated carbocycles. The van der Waals surface area contributed by atoms with Gasteiger partial charge in [0.1, 0.15) is 5.82 Å². The first-order valence-corrected chi connectivity index (χ1v) is 7.85. The molecule has 3 aliphatic rings. The lowest BCUT2D eigenvalue weighted by atomic mass is 9.94. The molecule has 3 saturated heterocycles. The zero-order valence-electron chi connectivity index (χ0n) is 12.4. The summed E-state index contributed by atoms with van der Waals surface area (Å²) >= 11 is 5.89. The van der Waals surface area contributed by atoms with E-state index in [0.29, 0.717) is 24.7 Å². The highest BCUT2D eigenvalue weighted by Gasteiger charge is 2.38. The van der Waals surface area contributed by atoms with Gasteiger partial charge < -0.3 is 9.80 Å². The average Bonchev–Trinajstić information content (AvgIpc) is 2.81. The molecule has 0 radical (unpaired) electrons. The minimum absolute atomic E-state index is 0.00873. The van der Waals surface area contributed by atoms with Crippen LogP contribution in [0.5, 0.6) is 0 Å². The predicted molar refractivity (Wildman–Crippen MR) is 81.2 cm³/mol. The molecular formula is C16H18ClFN2O2. The standard InChI is InChI=1S/C16H18ClFN2O2/c1-10(21)19-7-11-2-4-13(9-19)20(8-11)16(22)14-6-12(17)3-5-15(14)18/h3,5-6,11,13H,2,4,7-9H2,1H3/t11-,13+/m0/s1. The van der Waals surface area contributed by atoms with Gasteiger partial charge >= 0.3 is 0 Å². The van der Waals surface area contributed by atoms with Crippen molar-refractivity contribution in [2.75, 3.05) is 19.6 Å². The molecule has 3 aliphatic heterocycles. The number of piperidine rings is 1. The minimum Gasteiger partial charge on any atom is -0.341 e. The van der Waals surface area contributed by atoms with Crippen LogP contribution >= 0.6 is 11.6 Å². The molecule has 0 spiro atoms. The summed E-state index contributed by atoms with van der Waals surface area (Å²) in [4.78, 5) is 27.9. The maximum atomic E-state index is 14.0. The molecule has 0 N–H and O–H groups in total. The summed E-state index contributed by atoms with van der Waals surface area (Å²) in [7, 11) is 0. The number of rotatable bonds is 1. The Balaban J connectivity index is 1.87. The lowest BCUT2D eigenvalue weighted by molar-refractivity contribution is -0.129. The highest BCUT2D eigenvalue weighted by molar-refractivity contribution is 6.31. The highest BCUT2D eigenvalue weighted by atomic mass is 35.5. The van der Waals surface area contributed by atoms with Crippen molar-refractivity contribution in [2.24, 2.45) is 5.92 Å². The molecule has 0 aliphatic carbocycles. The molecule has 4 rings (SSSR count). The summed E-state index contributed by atoms with van der Waals surface area (Å²) in [5.74, 6) is -0.605. The number of fused-ring (bicyclic) bond motifs is 4. The van der Waals surface area contributed by atoms with Crippen LogP contribution in [0, 0.1) is 11.7 Å². The van der Waals surface area contributed by atoms with Crippen molar-refractivity contribution < 1.29 is 14.0 Å². The van der Waals surface area contributed by atoms with E-state index < -0.39 is 5.82 Å². The lowest BCUT2D eigenvalue weighted by Crippen LogP contribution is -2.47. The van der Waals surface area contributed by atoms with Crippen LogP contribution in [0.4, 0.5) is 4.39 Å². The third kappa shape index (κ3) is 2.82. The zero-order valence-corrected chi connectivity index (χ0v) is 13.1. The van der Waals surface area contributed by atoms with Gasteiger partial charge in [0.2, 0.25) is 5.91 Å². The van der Waals surface area contributed by atoms with Crippen molar-refractivity contribution in [3.8, 4) is 0 Å². The normalized spacial score (nSPS) is 24.3. The fraction of sp³-hybridized carbons (Fsp3) is 0.500. The number of halogens is 2. The molecule has 6 heteroatoms. The van der Waals surface area contributed by atoms with Crippen molar-refractivity contribution in [3.05, 3.63) is 34.6 Å². The monoisotopic (exact) mass is 324 g/mol. The Morgan fingerprint density at radius 3 is 2.73 bits per heavy atom. The first kappa shape index (κ1) is 15.3. The summed E-state index contributed by atoms with van der Waals surface area (Å²) in [6.07, 6.45) is 1.85. The van der Waals surface area contributed by atoms with Crippen molar-refractivity contribution in [3.63, 3.8) is 0 Å². The van der Waals surface area contributed by atoms with Gasteiger partial charge in [-0.1, -0.05) is 11.6 Å². The van der Waals surface area contributed by atoms with Crippen LogP contribution in [0.25, 0.3) is 0 Å². The van der Waals surface area contributed by atoms with Crippen molar-refractivity contribution in [1.82, 2.24) is 9.80 Å². The third-order valence-electron chi connectivity index (χ3n) is 4.58. The molecule has 0 aromatic heterocycles. The number of carbonyl (C=O) groups is 2. The number of amides is 2. The van der Waals surface area contributed by atoms with E-state index in [1.807, 2.05) is 0 Å². The number of hydrogen-bond donors (Lipinski definition) is 0. The molecule has 1 aromatic rings. The van der Waals surface area contributed by atoms with Crippen LogP contribution in [0.1, 0.15) is 30.1 Å². The molecule has 1 aromatic carbocycles. The summed E-state index contributed by atoms with van der Waals surface area (Å²) < 4.78 is 14.0. The third-order valence-corrected chi connectivity index (χ3v) is 4.81. The molecule has 0 unspecified atom stereocenters. The summed E-state index contributed by atoms with van der Waals surface area (Å²) in [6, 6.07) is 3.97. The Hall–Kier alpha value is -1.62. The van der Waals surface area contributed by atoms with Gasteiger partial charge in [0, 0.05) is 37.6 Å². The minimum atomic E-state index is -0.557. The van der Waals surface area contributed by atoms with Crippen molar-refractivity contribution in [2.45, 2.75) is 25.8 Å². The number of hydrogen-bond acceptors (Lipinski definition) is 2. The van der Waals surface area contributed by atoms with E-state index in [2.05, 4.69) is 0 Å². The first-order valence-electron chi connectivity index (χ1n) is 7.47. The van der Waals surface area contributed by atoms with E-state index in [0.717, 1.165) is 12.8 Å². The molecular weight excluding hydrogens is 307 g/mol. The summed E-state index contributed by atoms with van der Waals surface area (Å²) in [5.41, 5.74) is 0.00873. The molecule has 2 atom stereocenters. The van der Waals surface area contributed by atoms with Gasteiger partial charge in [-0.3, -0.25) is 9.59 Å². The van der Waals surface area contributed by atoms with Gasteiger partial charge in [0.25, 0.3) is 5.91 Å². The smallest absolute Gasteiger partial charge is 0.257 e. The van der Waals surface area contributed by atoms with Gasteiger partial charge in [0.15, 0.2) is 0 Å². The van der Waals surface area contributed by atoms with Gasteiger partial charge in [0.05, 0.1) is 5.56 Å². The van der Waals surface area contributed by atoms with Gasteiger partial charge in [-0.2, -0.15) is 0 Å². The number of benzene rings is 1. The maximum absolute atomic E-state index is 14.0. The molecule has 3 heterocycles. The second kappa shape index (κ2) is 5.88. The van der Waals surface area contributed by atoms with E-state index in [-0.39, 0.29) is 29.3 Å². The van der Waals surface area contributed by atoms with E-state index in [1.54, 1.807) is 16.7 Å². The van der Waals surface area contributed by atoms with Gasteiger partial charge in [-0.25, -0.2) is 4.39 Å². The maximum Gasteiger partial charge on any atom is 0.257 e. The molecule has 2 bridgehead atoms. The first-order chi connectivity index (χ1) is 10.5. The van der Waals surface area contributed by atoms with Gasteiger partial charge in [-0.05, 0) is 37.0 Å². The summed E-state index contributed by atoms with van der Waals surface area (Å²) in [5, 5.41) is 0.343. The van der Waals surface area contributed by atoms with Crippen LogP contribution in [0.2, 0.25) is 5.02 Å². The zero-order chi connectivity index (χ0) is 15.9. The lowest BCUT2D eigenvalue weighted by Gasteiger charge is -2.36. The van der Waals surface area contributed by atoms with Crippen LogP contribution in [0.15, 0.2) is 18.2 Å². The van der Waals surface area contributed by atoms with Crippen LogP contribution in [-0.4, -0.2) is 47.3 Å². The van der Waals surface area contributed by atoms with E-state index in [1.165, 1.54) is 18.2 Å². The van der Waals surface area contributed by atoms with Gasteiger partial charge in [-0.15, -0.1) is 0 Å². The Bertz CT molecular complexity index is 622. The SMILES string of the molecule is CC(=O)N1C[C@@H]2CC[C@H](C1)N(C(=O)c1cc(Cl)ccc1F)C2. The predicted octanol–water partition coefficient (Wildman–Crippen LogP) is 2.56. The van der Waals surface area contributed by atoms with Crippen LogP contribution < -0.4 is 0 Å². The number of carbonyl (C=O) groups excluding carboxylic acids is 2. The second-order valence-corrected chi connectivity index (χ2v) is 6.54. The Labute approximate surface area is 133 Å². The van der Waals surface area contributed by atoms with E-state index in [4.69, 9.17) is 11.6 Å². The quantitative estimate of drug-likeness (QED) is 0.796. The molecule has 118 valence electrons.